The highest BCUT2D eigenvalue weighted by molar-refractivity contribution is 7.92. The summed E-state index contributed by atoms with van der Waals surface area (Å²) in [5.41, 5.74) is 0.857. The Morgan fingerprint density at radius 1 is 1.04 bits per heavy atom. The van der Waals surface area contributed by atoms with Crippen molar-refractivity contribution in [3.8, 4) is 0 Å². The molecule has 2 aromatic carbocycles. The van der Waals surface area contributed by atoms with Gasteiger partial charge in [0.2, 0.25) is 9.84 Å². The first-order valence-electron chi connectivity index (χ1n) is 7.04. The molecule has 0 saturated heterocycles. The molecule has 0 bridgehead atoms. The highest BCUT2D eigenvalue weighted by Crippen LogP contribution is 2.30. The number of nitrogens with zero attached hydrogens (tertiary/aromatic N) is 1. The Morgan fingerprint density at radius 2 is 1.57 bits per heavy atom. The molecule has 0 aliphatic carbocycles. The Balaban J connectivity index is 2.33. The number of benzene rings is 2. The predicted octanol–water partition coefficient (Wildman–Crippen LogP) is 3.56. The molecule has 23 heavy (non-hydrogen) atoms. The highest BCUT2D eigenvalue weighted by Gasteiger charge is 2.50. The van der Waals surface area contributed by atoms with Gasteiger partial charge in [0, 0.05) is 11.8 Å². The SMILES string of the molecule is CC(C/C=C/c1ccccc1)([N+](=O)[O-])S(=O)(=O)c1ccccc1. The second kappa shape index (κ2) is 6.75. The van der Waals surface area contributed by atoms with E-state index in [1.165, 1.54) is 18.2 Å². The molecule has 0 aliphatic rings. The van der Waals surface area contributed by atoms with Gasteiger partial charge in [0.25, 0.3) is 0 Å². The maximum atomic E-state index is 12.7. The Morgan fingerprint density at radius 3 is 2.09 bits per heavy atom. The number of rotatable bonds is 6. The van der Waals surface area contributed by atoms with Gasteiger partial charge in [-0.25, -0.2) is 8.42 Å². The van der Waals surface area contributed by atoms with Gasteiger partial charge in [-0.05, 0) is 17.7 Å². The first kappa shape index (κ1) is 16.9. The molecule has 0 aliphatic heterocycles. The van der Waals surface area contributed by atoms with Crippen molar-refractivity contribution in [2.45, 2.75) is 23.1 Å². The fourth-order valence-corrected chi connectivity index (χ4v) is 3.65. The fourth-order valence-electron chi connectivity index (χ4n) is 2.11. The van der Waals surface area contributed by atoms with E-state index >= 15 is 0 Å². The number of sulfone groups is 1. The van der Waals surface area contributed by atoms with E-state index in [4.69, 9.17) is 0 Å². The Kier molecular flexibility index (Phi) is 4.95. The maximum absolute atomic E-state index is 12.7. The van der Waals surface area contributed by atoms with Crippen LogP contribution in [-0.2, 0) is 9.84 Å². The number of nitro groups is 1. The molecule has 2 rings (SSSR count). The van der Waals surface area contributed by atoms with Gasteiger partial charge in [0.1, 0.15) is 0 Å². The monoisotopic (exact) mass is 331 g/mol. The summed E-state index contributed by atoms with van der Waals surface area (Å²) in [4.78, 5) is 8.58. The second-order valence-electron chi connectivity index (χ2n) is 5.27. The van der Waals surface area contributed by atoms with Crippen molar-refractivity contribution in [3.63, 3.8) is 0 Å². The van der Waals surface area contributed by atoms with Gasteiger partial charge in [0.05, 0.1) is 11.3 Å². The lowest BCUT2D eigenvalue weighted by atomic mass is 10.1. The lowest BCUT2D eigenvalue weighted by Gasteiger charge is -2.19. The van der Waals surface area contributed by atoms with Crippen molar-refractivity contribution in [3.05, 3.63) is 82.4 Å². The van der Waals surface area contributed by atoms with E-state index in [9.17, 15) is 18.5 Å². The van der Waals surface area contributed by atoms with Crippen LogP contribution in [0.25, 0.3) is 6.08 Å². The first-order chi connectivity index (χ1) is 10.9. The summed E-state index contributed by atoms with van der Waals surface area (Å²) in [6.45, 7) is 1.14. The minimum absolute atomic E-state index is 0.0488. The van der Waals surface area contributed by atoms with Gasteiger partial charge < -0.3 is 0 Å². The summed E-state index contributed by atoms with van der Waals surface area (Å²) in [5.74, 6) is 0. The molecule has 1 unspecified atom stereocenters. The number of hydrogen-bond donors (Lipinski definition) is 0. The molecular weight excluding hydrogens is 314 g/mol. The van der Waals surface area contributed by atoms with Crippen molar-refractivity contribution >= 4 is 15.9 Å². The van der Waals surface area contributed by atoms with Gasteiger partial charge >= 0.3 is 4.87 Å². The lowest BCUT2D eigenvalue weighted by molar-refractivity contribution is -0.535. The van der Waals surface area contributed by atoms with Crippen LogP contribution in [-0.4, -0.2) is 18.2 Å². The van der Waals surface area contributed by atoms with E-state index in [1.807, 2.05) is 30.3 Å². The van der Waals surface area contributed by atoms with Crippen LogP contribution in [0.2, 0.25) is 0 Å². The average molecular weight is 331 g/mol. The normalized spacial score (nSPS) is 14.5. The van der Waals surface area contributed by atoms with E-state index in [0.717, 1.165) is 12.5 Å². The van der Waals surface area contributed by atoms with Crippen LogP contribution >= 0.6 is 0 Å². The standard InChI is InChI=1S/C17H17NO4S/c1-17(18(19)20,14-8-11-15-9-4-2-5-10-15)23(21,22)16-12-6-3-7-13-16/h2-13H,14H2,1H3/b11-8+. The molecule has 0 N–H and O–H groups in total. The summed E-state index contributed by atoms with van der Waals surface area (Å²) >= 11 is 0. The maximum Gasteiger partial charge on any atom is 0.324 e. The van der Waals surface area contributed by atoms with Gasteiger partial charge in [-0.15, -0.1) is 0 Å². The molecule has 1 atom stereocenters. The zero-order valence-corrected chi connectivity index (χ0v) is 13.4. The van der Waals surface area contributed by atoms with Gasteiger partial charge in [0.15, 0.2) is 0 Å². The summed E-state index contributed by atoms with van der Waals surface area (Å²) in [6.07, 6.45) is 2.99. The lowest BCUT2D eigenvalue weighted by Crippen LogP contribution is -2.42. The Labute approximate surface area is 135 Å². The summed E-state index contributed by atoms with van der Waals surface area (Å²) < 4.78 is 25.3. The summed E-state index contributed by atoms with van der Waals surface area (Å²) in [5, 5.41) is 11.5. The molecule has 0 spiro atoms. The third kappa shape index (κ3) is 3.48. The molecule has 0 radical (unpaired) electrons. The Hall–Kier alpha value is -2.47. The van der Waals surface area contributed by atoms with Gasteiger partial charge in [-0.1, -0.05) is 60.7 Å². The number of hydrogen-bond acceptors (Lipinski definition) is 4. The van der Waals surface area contributed by atoms with Crippen molar-refractivity contribution in [1.29, 1.82) is 0 Å². The molecule has 0 heterocycles. The zero-order valence-electron chi connectivity index (χ0n) is 12.6. The van der Waals surface area contributed by atoms with Crippen LogP contribution in [0, 0.1) is 10.1 Å². The molecule has 0 fully saturated rings. The van der Waals surface area contributed by atoms with Crippen molar-refractivity contribution in [2.75, 3.05) is 0 Å². The molecule has 5 nitrogen and oxygen atoms in total. The smallest absolute Gasteiger partial charge is 0.263 e. The molecule has 0 saturated carbocycles. The van der Waals surface area contributed by atoms with E-state index in [2.05, 4.69) is 0 Å². The van der Waals surface area contributed by atoms with Crippen molar-refractivity contribution in [2.24, 2.45) is 0 Å². The van der Waals surface area contributed by atoms with Crippen LogP contribution in [0.4, 0.5) is 0 Å². The molecular formula is C17H17NO4S. The van der Waals surface area contributed by atoms with Crippen LogP contribution in [0.3, 0.4) is 0 Å². The fraction of sp³-hybridized carbons (Fsp3) is 0.176. The molecule has 0 amide bonds. The summed E-state index contributed by atoms with van der Waals surface area (Å²) in [7, 11) is -4.10. The summed E-state index contributed by atoms with van der Waals surface area (Å²) in [6, 6.07) is 16.7. The molecule has 120 valence electrons. The minimum Gasteiger partial charge on any atom is -0.263 e. The molecule has 2 aromatic rings. The topological polar surface area (TPSA) is 77.3 Å². The van der Waals surface area contributed by atoms with Gasteiger partial charge in [-0.2, -0.15) is 0 Å². The van der Waals surface area contributed by atoms with Crippen molar-refractivity contribution in [1.82, 2.24) is 0 Å². The van der Waals surface area contributed by atoms with E-state index in [1.54, 1.807) is 24.3 Å². The first-order valence-corrected chi connectivity index (χ1v) is 8.52. The largest absolute Gasteiger partial charge is 0.324 e. The van der Waals surface area contributed by atoms with Crippen LogP contribution in [0.5, 0.6) is 0 Å². The Bertz CT molecular complexity index is 801. The third-order valence-corrected chi connectivity index (χ3v) is 5.99. The van der Waals surface area contributed by atoms with Crippen LogP contribution in [0.1, 0.15) is 18.9 Å². The highest BCUT2D eigenvalue weighted by atomic mass is 32.2. The van der Waals surface area contributed by atoms with Crippen LogP contribution in [0.15, 0.2) is 71.6 Å². The predicted molar refractivity (Wildman–Crippen MR) is 89.1 cm³/mol. The average Bonchev–Trinajstić information content (AvgIpc) is 2.56. The van der Waals surface area contributed by atoms with E-state index in [-0.39, 0.29) is 11.3 Å². The molecule has 0 aromatic heterocycles. The quantitative estimate of drug-likeness (QED) is 0.599. The van der Waals surface area contributed by atoms with E-state index < -0.39 is 19.6 Å². The zero-order chi connectivity index (χ0) is 16.9. The van der Waals surface area contributed by atoms with Gasteiger partial charge in [-0.3, -0.25) is 10.1 Å². The minimum atomic E-state index is -4.10. The van der Waals surface area contributed by atoms with E-state index in [0.29, 0.717) is 0 Å². The second-order valence-corrected chi connectivity index (χ2v) is 7.62. The third-order valence-electron chi connectivity index (χ3n) is 3.63. The van der Waals surface area contributed by atoms with Crippen molar-refractivity contribution < 1.29 is 13.3 Å². The van der Waals surface area contributed by atoms with Crippen LogP contribution < -0.4 is 0 Å². The molecule has 6 heteroatoms.